The first kappa shape index (κ1) is 14.2. The molecule has 0 heterocycles. The first-order valence-electron chi connectivity index (χ1n) is 7.47. The predicted octanol–water partition coefficient (Wildman–Crippen LogP) is 5.80. The zero-order chi connectivity index (χ0) is 15.2. The van der Waals surface area contributed by atoms with Crippen LogP contribution in [0.1, 0.15) is 11.1 Å². The Bertz CT molecular complexity index is 688. The van der Waals surface area contributed by atoms with E-state index in [1.54, 1.807) is 0 Å². The zero-order valence-electron chi connectivity index (χ0n) is 12.7. The topological polar surface area (TPSA) is 3.24 Å². The molecule has 1 nitrogen and oxygen atoms in total. The van der Waals surface area contributed by atoms with Gasteiger partial charge in [-0.2, -0.15) is 0 Å². The van der Waals surface area contributed by atoms with Gasteiger partial charge in [-0.3, -0.25) is 0 Å². The van der Waals surface area contributed by atoms with Crippen molar-refractivity contribution in [2.24, 2.45) is 0 Å². The van der Waals surface area contributed by atoms with E-state index in [9.17, 15) is 0 Å². The highest BCUT2D eigenvalue weighted by Gasteiger charge is 2.04. The molecule has 0 aliphatic heterocycles. The van der Waals surface area contributed by atoms with E-state index in [1.807, 2.05) is 12.1 Å². The van der Waals surface area contributed by atoms with Crippen molar-refractivity contribution in [2.75, 3.05) is 4.90 Å². The van der Waals surface area contributed by atoms with Crippen LogP contribution in [0.5, 0.6) is 0 Å². The lowest BCUT2D eigenvalue weighted by Gasteiger charge is -2.20. The Morgan fingerprint density at radius 3 is 1.64 bits per heavy atom. The molecule has 0 aliphatic carbocycles. The molecule has 0 amide bonds. The fraction of sp³-hybridized carbons (Fsp3) is 0.0476. The highest BCUT2D eigenvalue weighted by Crippen LogP contribution is 2.25. The number of rotatable bonds is 4. The molecule has 0 aliphatic rings. The second kappa shape index (κ2) is 6.77. The fourth-order valence-electron chi connectivity index (χ4n) is 2.34. The molecule has 0 radical (unpaired) electrons. The lowest BCUT2D eigenvalue weighted by atomic mass is 10.1. The molecule has 0 bridgehead atoms. The Kier molecular flexibility index (Phi) is 4.35. The van der Waals surface area contributed by atoms with Gasteiger partial charge in [0.05, 0.1) is 0 Å². The summed E-state index contributed by atoms with van der Waals surface area (Å²) in [7, 11) is 0. The van der Waals surface area contributed by atoms with E-state index in [-0.39, 0.29) is 0 Å². The van der Waals surface area contributed by atoms with Crippen LogP contribution < -0.4 is 4.90 Å². The Morgan fingerprint density at radius 2 is 1.14 bits per heavy atom. The first-order valence-corrected chi connectivity index (χ1v) is 7.47. The smallest absolute Gasteiger partial charge is 0.0455 e. The van der Waals surface area contributed by atoms with Gasteiger partial charge in [0.15, 0.2) is 0 Å². The number of hydrogen-bond acceptors (Lipinski definition) is 1. The highest BCUT2D eigenvalue weighted by atomic mass is 15.1. The zero-order valence-corrected chi connectivity index (χ0v) is 12.7. The van der Waals surface area contributed by atoms with Gasteiger partial charge in [-0.25, -0.2) is 0 Å². The predicted molar refractivity (Wildman–Crippen MR) is 95.2 cm³/mol. The molecule has 108 valence electrons. The molecular weight excluding hydrogens is 266 g/mol. The molecule has 0 atom stereocenters. The van der Waals surface area contributed by atoms with E-state index in [4.69, 9.17) is 0 Å². The number of hydrogen-bond donors (Lipinski definition) is 0. The van der Waals surface area contributed by atoms with Crippen molar-refractivity contribution in [3.63, 3.8) is 0 Å². The molecule has 1 heteroatoms. The van der Waals surface area contributed by atoms with Crippen LogP contribution in [0.4, 0.5) is 11.4 Å². The van der Waals surface area contributed by atoms with E-state index in [0.717, 1.165) is 11.4 Å². The lowest BCUT2D eigenvalue weighted by Crippen LogP contribution is -2.07. The average molecular weight is 285 g/mol. The maximum atomic E-state index is 2.19. The van der Waals surface area contributed by atoms with Crippen LogP contribution in [0.15, 0.2) is 91.1 Å². The Labute approximate surface area is 132 Å². The van der Waals surface area contributed by atoms with Crippen LogP contribution in [0.25, 0.3) is 6.08 Å². The molecular formula is C21H19N. The Morgan fingerprint density at radius 1 is 0.636 bits per heavy atom. The lowest BCUT2D eigenvalue weighted by molar-refractivity contribution is 1.29. The third-order valence-electron chi connectivity index (χ3n) is 3.56. The van der Waals surface area contributed by atoms with Gasteiger partial charge in [-0.05, 0) is 42.8 Å². The maximum Gasteiger partial charge on any atom is 0.0455 e. The summed E-state index contributed by atoms with van der Waals surface area (Å²) in [6.45, 7) is 2.10. The minimum Gasteiger partial charge on any atom is -0.317 e. The van der Waals surface area contributed by atoms with Crippen LogP contribution in [-0.4, -0.2) is 0 Å². The molecule has 3 rings (SSSR count). The van der Waals surface area contributed by atoms with Gasteiger partial charge in [0.25, 0.3) is 0 Å². The van der Waals surface area contributed by atoms with E-state index >= 15 is 0 Å². The summed E-state index contributed by atoms with van der Waals surface area (Å²) < 4.78 is 0. The van der Waals surface area contributed by atoms with Gasteiger partial charge in [0.2, 0.25) is 0 Å². The monoisotopic (exact) mass is 285 g/mol. The van der Waals surface area contributed by atoms with E-state index in [2.05, 4.69) is 96.9 Å². The largest absolute Gasteiger partial charge is 0.317 e. The molecule has 0 spiro atoms. The van der Waals surface area contributed by atoms with Crippen LogP contribution in [-0.2, 0) is 0 Å². The SMILES string of the molecule is Cc1ccc(/C=C/N(c2ccccc2)c2ccccc2)cc1. The summed E-state index contributed by atoms with van der Waals surface area (Å²) in [6, 6.07) is 29.3. The quantitative estimate of drug-likeness (QED) is 0.585. The summed E-state index contributed by atoms with van der Waals surface area (Å²) >= 11 is 0. The van der Waals surface area contributed by atoms with E-state index in [0.29, 0.717) is 0 Å². The second-order valence-electron chi connectivity index (χ2n) is 5.27. The first-order chi connectivity index (χ1) is 10.8. The molecule has 3 aromatic carbocycles. The van der Waals surface area contributed by atoms with E-state index in [1.165, 1.54) is 11.1 Å². The third-order valence-corrected chi connectivity index (χ3v) is 3.56. The van der Waals surface area contributed by atoms with Crippen molar-refractivity contribution in [1.29, 1.82) is 0 Å². The van der Waals surface area contributed by atoms with Crippen LogP contribution in [0, 0.1) is 6.92 Å². The molecule has 0 aromatic heterocycles. The molecule has 0 unspecified atom stereocenters. The van der Waals surface area contributed by atoms with Crippen molar-refractivity contribution in [2.45, 2.75) is 6.92 Å². The molecule has 0 saturated heterocycles. The Balaban J connectivity index is 1.94. The van der Waals surface area contributed by atoms with E-state index < -0.39 is 0 Å². The van der Waals surface area contributed by atoms with Gasteiger partial charge < -0.3 is 4.90 Å². The van der Waals surface area contributed by atoms with Gasteiger partial charge >= 0.3 is 0 Å². The molecule has 0 fully saturated rings. The van der Waals surface area contributed by atoms with Crippen LogP contribution in [0.3, 0.4) is 0 Å². The van der Waals surface area contributed by atoms with Gasteiger partial charge in [-0.1, -0.05) is 66.2 Å². The van der Waals surface area contributed by atoms with Crippen molar-refractivity contribution < 1.29 is 0 Å². The molecule has 0 saturated carbocycles. The molecule has 3 aromatic rings. The third kappa shape index (κ3) is 3.44. The molecule has 0 N–H and O–H groups in total. The second-order valence-corrected chi connectivity index (χ2v) is 5.27. The normalized spacial score (nSPS) is 10.8. The van der Waals surface area contributed by atoms with Crippen molar-refractivity contribution in [3.8, 4) is 0 Å². The van der Waals surface area contributed by atoms with Gasteiger partial charge in [-0.15, -0.1) is 0 Å². The number of aryl methyl sites for hydroxylation is 1. The highest BCUT2D eigenvalue weighted by molar-refractivity contribution is 5.69. The minimum atomic E-state index is 1.15. The average Bonchev–Trinajstić information content (AvgIpc) is 2.59. The van der Waals surface area contributed by atoms with Crippen molar-refractivity contribution >= 4 is 17.5 Å². The van der Waals surface area contributed by atoms with Crippen LogP contribution in [0.2, 0.25) is 0 Å². The fourth-order valence-corrected chi connectivity index (χ4v) is 2.34. The number of nitrogens with zero attached hydrogens (tertiary/aromatic N) is 1. The summed E-state index contributed by atoms with van der Waals surface area (Å²) in [6.07, 6.45) is 4.26. The van der Waals surface area contributed by atoms with Crippen molar-refractivity contribution in [3.05, 3.63) is 102 Å². The maximum absolute atomic E-state index is 2.19. The number of para-hydroxylation sites is 2. The summed E-state index contributed by atoms with van der Waals surface area (Å²) in [4.78, 5) is 2.19. The Hall–Kier alpha value is -2.80. The summed E-state index contributed by atoms with van der Waals surface area (Å²) in [5.74, 6) is 0. The van der Waals surface area contributed by atoms with Crippen LogP contribution >= 0.6 is 0 Å². The number of benzene rings is 3. The van der Waals surface area contributed by atoms with Crippen molar-refractivity contribution in [1.82, 2.24) is 0 Å². The summed E-state index contributed by atoms with van der Waals surface area (Å²) in [5.41, 5.74) is 4.77. The summed E-state index contributed by atoms with van der Waals surface area (Å²) in [5, 5.41) is 0. The van der Waals surface area contributed by atoms with Gasteiger partial charge in [0.1, 0.15) is 0 Å². The van der Waals surface area contributed by atoms with Gasteiger partial charge in [0, 0.05) is 17.6 Å². The number of anilines is 2. The standard InChI is InChI=1S/C21H19N/c1-18-12-14-19(15-13-18)16-17-22(20-8-4-2-5-9-20)21-10-6-3-7-11-21/h2-17H,1H3/b17-16+. The minimum absolute atomic E-state index is 1.15. The molecule has 22 heavy (non-hydrogen) atoms.